The highest BCUT2D eigenvalue weighted by molar-refractivity contribution is 5.43. The van der Waals surface area contributed by atoms with Crippen LogP contribution in [0.15, 0.2) is 24.3 Å². The topological polar surface area (TPSA) is 57.0 Å². The molecule has 1 unspecified atom stereocenters. The standard InChI is InChI=1S/C16H28N2O3/c1-14(13-20-3)18(9-11-19-2)8-5-10-21-16-7-4-6-15(17)12-16/h4,6-7,12,14H,5,8-11,13,17H2,1-3H3. The van der Waals surface area contributed by atoms with Crippen LogP contribution in [-0.4, -0.2) is 58.1 Å². The summed E-state index contributed by atoms with van der Waals surface area (Å²) in [4.78, 5) is 2.36. The zero-order valence-corrected chi connectivity index (χ0v) is 13.4. The molecule has 1 rings (SSSR count). The fourth-order valence-corrected chi connectivity index (χ4v) is 2.17. The number of nitrogen functional groups attached to an aromatic ring is 1. The van der Waals surface area contributed by atoms with E-state index in [1.807, 2.05) is 24.3 Å². The normalized spacial score (nSPS) is 12.6. The van der Waals surface area contributed by atoms with Crippen molar-refractivity contribution in [2.45, 2.75) is 19.4 Å². The molecule has 0 aliphatic rings. The van der Waals surface area contributed by atoms with Gasteiger partial charge in [-0.1, -0.05) is 6.07 Å². The summed E-state index contributed by atoms with van der Waals surface area (Å²) in [5.41, 5.74) is 6.45. The van der Waals surface area contributed by atoms with E-state index in [2.05, 4.69) is 11.8 Å². The smallest absolute Gasteiger partial charge is 0.121 e. The van der Waals surface area contributed by atoms with Crippen molar-refractivity contribution in [2.24, 2.45) is 0 Å². The molecular weight excluding hydrogens is 268 g/mol. The number of anilines is 1. The minimum Gasteiger partial charge on any atom is -0.493 e. The van der Waals surface area contributed by atoms with E-state index >= 15 is 0 Å². The second-order valence-corrected chi connectivity index (χ2v) is 5.11. The van der Waals surface area contributed by atoms with E-state index in [0.717, 1.165) is 44.2 Å². The van der Waals surface area contributed by atoms with Gasteiger partial charge in [0.15, 0.2) is 0 Å². The summed E-state index contributed by atoms with van der Waals surface area (Å²) in [5.74, 6) is 0.823. The summed E-state index contributed by atoms with van der Waals surface area (Å²) in [6.07, 6.45) is 0.951. The van der Waals surface area contributed by atoms with Gasteiger partial charge in [0, 0.05) is 45.1 Å². The Balaban J connectivity index is 2.31. The molecule has 0 amide bonds. The first kappa shape index (κ1) is 17.8. The Morgan fingerprint density at radius 3 is 2.62 bits per heavy atom. The van der Waals surface area contributed by atoms with Gasteiger partial charge in [-0.05, 0) is 25.5 Å². The summed E-state index contributed by atoms with van der Waals surface area (Å²) in [6.45, 7) is 6.14. The van der Waals surface area contributed by atoms with Crippen molar-refractivity contribution in [1.82, 2.24) is 4.90 Å². The van der Waals surface area contributed by atoms with Crippen LogP contribution in [-0.2, 0) is 9.47 Å². The van der Waals surface area contributed by atoms with Gasteiger partial charge in [-0.15, -0.1) is 0 Å². The molecule has 0 aromatic heterocycles. The quantitative estimate of drug-likeness (QED) is 0.500. The third-order valence-electron chi connectivity index (χ3n) is 3.33. The van der Waals surface area contributed by atoms with Gasteiger partial charge in [-0.25, -0.2) is 0 Å². The van der Waals surface area contributed by atoms with Gasteiger partial charge in [0.25, 0.3) is 0 Å². The Kier molecular flexibility index (Phi) is 8.82. The molecule has 0 heterocycles. The van der Waals surface area contributed by atoms with Crippen LogP contribution >= 0.6 is 0 Å². The first-order valence-electron chi connectivity index (χ1n) is 7.37. The SMILES string of the molecule is COCCN(CCCOc1cccc(N)c1)C(C)COC. The number of methoxy groups -OCH3 is 2. The van der Waals surface area contributed by atoms with Crippen LogP contribution in [0.25, 0.3) is 0 Å². The van der Waals surface area contributed by atoms with E-state index in [1.165, 1.54) is 0 Å². The lowest BCUT2D eigenvalue weighted by molar-refractivity contribution is 0.0717. The third-order valence-corrected chi connectivity index (χ3v) is 3.33. The maximum absolute atomic E-state index is 5.72. The number of hydrogen-bond donors (Lipinski definition) is 1. The van der Waals surface area contributed by atoms with Crippen LogP contribution in [0.3, 0.4) is 0 Å². The zero-order chi connectivity index (χ0) is 15.5. The summed E-state index contributed by atoms with van der Waals surface area (Å²) >= 11 is 0. The monoisotopic (exact) mass is 296 g/mol. The number of ether oxygens (including phenoxy) is 3. The molecule has 0 radical (unpaired) electrons. The van der Waals surface area contributed by atoms with Crippen LogP contribution in [0, 0.1) is 0 Å². The van der Waals surface area contributed by atoms with Crippen molar-refractivity contribution in [3.8, 4) is 5.75 Å². The number of hydrogen-bond acceptors (Lipinski definition) is 5. The van der Waals surface area contributed by atoms with E-state index in [0.29, 0.717) is 12.6 Å². The van der Waals surface area contributed by atoms with Crippen molar-refractivity contribution >= 4 is 5.69 Å². The van der Waals surface area contributed by atoms with Crippen LogP contribution in [0.2, 0.25) is 0 Å². The van der Waals surface area contributed by atoms with E-state index in [1.54, 1.807) is 14.2 Å². The van der Waals surface area contributed by atoms with Gasteiger partial charge >= 0.3 is 0 Å². The van der Waals surface area contributed by atoms with Gasteiger partial charge < -0.3 is 19.9 Å². The van der Waals surface area contributed by atoms with Gasteiger partial charge in [0.2, 0.25) is 0 Å². The molecule has 0 fully saturated rings. The molecule has 0 saturated heterocycles. The molecule has 0 saturated carbocycles. The van der Waals surface area contributed by atoms with Gasteiger partial charge in [0.1, 0.15) is 5.75 Å². The average molecular weight is 296 g/mol. The fraction of sp³-hybridized carbons (Fsp3) is 0.625. The first-order chi connectivity index (χ1) is 10.2. The highest BCUT2D eigenvalue weighted by Gasteiger charge is 2.13. The highest BCUT2D eigenvalue weighted by atomic mass is 16.5. The molecule has 0 spiro atoms. The Morgan fingerprint density at radius 1 is 1.14 bits per heavy atom. The van der Waals surface area contributed by atoms with E-state index in [4.69, 9.17) is 19.9 Å². The van der Waals surface area contributed by atoms with Crippen molar-refractivity contribution < 1.29 is 14.2 Å². The third kappa shape index (κ3) is 7.32. The molecule has 0 aliphatic heterocycles. The Labute approximate surface area is 128 Å². The summed E-state index contributed by atoms with van der Waals surface area (Å²) in [5, 5.41) is 0. The number of rotatable bonds is 11. The second kappa shape index (κ2) is 10.4. The average Bonchev–Trinajstić information content (AvgIpc) is 2.46. The lowest BCUT2D eigenvalue weighted by Crippen LogP contribution is -2.39. The van der Waals surface area contributed by atoms with Crippen molar-refractivity contribution in [3.63, 3.8) is 0 Å². The molecule has 2 N–H and O–H groups in total. The van der Waals surface area contributed by atoms with Crippen LogP contribution < -0.4 is 10.5 Å². The molecule has 0 bridgehead atoms. The largest absolute Gasteiger partial charge is 0.493 e. The zero-order valence-electron chi connectivity index (χ0n) is 13.4. The van der Waals surface area contributed by atoms with Crippen LogP contribution in [0.5, 0.6) is 5.75 Å². The minimum atomic E-state index is 0.373. The lowest BCUT2D eigenvalue weighted by atomic mass is 10.2. The predicted octanol–water partition coefficient (Wildman–Crippen LogP) is 2.02. The molecule has 120 valence electrons. The minimum absolute atomic E-state index is 0.373. The lowest BCUT2D eigenvalue weighted by Gasteiger charge is -2.28. The molecule has 21 heavy (non-hydrogen) atoms. The maximum atomic E-state index is 5.72. The van der Waals surface area contributed by atoms with Gasteiger partial charge in [-0.2, -0.15) is 0 Å². The molecule has 0 aliphatic carbocycles. The predicted molar refractivity (Wildman–Crippen MR) is 85.8 cm³/mol. The van der Waals surface area contributed by atoms with Crippen molar-refractivity contribution in [1.29, 1.82) is 0 Å². The molecule has 1 aromatic carbocycles. The van der Waals surface area contributed by atoms with E-state index < -0.39 is 0 Å². The fourth-order valence-electron chi connectivity index (χ4n) is 2.17. The number of nitrogens with zero attached hydrogens (tertiary/aromatic N) is 1. The van der Waals surface area contributed by atoms with Crippen LogP contribution in [0.4, 0.5) is 5.69 Å². The highest BCUT2D eigenvalue weighted by Crippen LogP contribution is 2.14. The van der Waals surface area contributed by atoms with Crippen molar-refractivity contribution in [3.05, 3.63) is 24.3 Å². The summed E-state index contributed by atoms with van der Waals surface area (Å²) in [7, 11) is 3.45. The Morgan fingerprint density at radius 2 is 1.95 bits per heavy atom. The van der Waals surface area contributed by atoms with Crippen molar-refractivity contribution in [2.75, 3.05) is 52.9 Å². The second-order valence-electron chi connectivity index (χ2n) is 5.11. The molecule has 1 aromatic rings. The molecule has 5 nitrogen and oxygen atoms in total. The molecular formula is C16H28N2O3. The maximum Gasteiger partial charge on any atom is 0.121 e. The number of benzene rings is 1. The molecule has 5 heteroatoms. The van der Waals surface area contributed by atoms with Gasteiger partial charge in [0.05, 0.1) is 19.8 Å². The summed E-state index contributed by atoms with van der Waals surface area (Å²) in [6, 6.07) is 7.89. The number of nitrogens with two attached hydrogens (primary N) is 1. The Bertz CT molecular complexity index is 388. The van der Waals surface area contributed by atoms with Crippen LogP contribution in [0.1, 0.15) is 13.3 Å². The summed E-state index contributed by atoms with van der Waals surface area (Å²) < 4.78 is 16.1. The first-order valence-corrected chi connectivity index (χ1v) is 7.37. The Hall–Kier alpha value is -1.30. The molecule has 1 atom stereocenters. The van der Waals surface area contributed by atoms with E-state index in [-0.39, 0.29) is 0 Å². The van der Waals surface area contributed by atoms with E-state index in [9.17, 15) is 0 Å². The van der Waals surface area contributed by atoms with Gasteiger partial charge in [-0.3, -0.25) is 4.90 Å².